The number of nitrogens with zero attached hydrogens (tertiary/aromatic N) is 2. The number of hydrogen-bond acceptors (Lipinski definition) is 4. The molecule has 0 saturated carbocycles. The van der Waals surface area contributed by atoms with Gasteiger partial charge in [-0.15, -0.1) is 0 Å². The topological polar surface area (TPSA) is 76.6 Å². The Morgan fingerprint density at radius 3 is 2.43 bits per heavy atom. The van der Waals surface area contributed by atoms with Crippen LogP contribution in [0.15, 0.2) is 40.8 Å². The molecular formula is C14H13ClN2O4. The Kier molecular flexibility index (Phi) is 4.28. The predicted octanol–water partition coefficient (Wildman–Crippen LogP) is 3.67. The van der Waals surface area contributed by atoms with Crippen molar-refractivity contribution in [3.63, 3.8) is 0 Å². The third-order valence-corrected chi connectivity index (χ3v) is 3.49. The molecule has 6 nitrogen and oxygen atoms in total. The third-order valence-electron chi connectivity index (χ3n) is 3.24. The van der Waals surface area contributed by atoms with Crippen LogP contribution in [0.1, 0.15) is 29.1 Å². The van der Waals surface area contributed by atoms with Crippen LogP contribution >= 0.6 is 11.6 Å². The summed E-state index contributed by atoms with van der Waals surface area (Å²) in [5.41, 5.74) is 0.899. The van der Waals surface area contributed by atoms with Gasteiger partial charge in [-0.05, 0) is 30.7 Å². The minimum absolute atomic E-state index is 0.0648. The molecule has 7 heteroatoms. The van der Waals surface area contributed by atoms with E-state index in [0.717, 1.165) is 11.6 Å². The molecule has 2 rings (SSSR count). The maximum absolute atomic E-state index is 12.2. The Hall–Kier alpha value is -2.34. The molecule has 0 bridgehead atoms. The van der Waals surface area contributed by atoms with Gasteiger partial charge in [0.2, 0.25) is 0 Å². The van der Waals surface area contributed by atoms with Crippen molar-refractivity contribution in [3.05, 3.63) is 62.9 Å². The van der Waals surface area contributed by atoms with Gasteiger partial charge in [-0.3, -0.25) is 14.9 Å². The smallest absolute Gasteiger partial charge is 0.395 e. The molecule has 0 N–H and O–H groups in total. The zero-order valence-electron chi connectivity index (χ0n) is 11.4. The van der Waals surface area contributed by atoms with Crippen LogP contribution in [0.2, 0.25) is 5.02 Å². The van der Waals surface area contributed by atoms with Crippen molar-refractivity contribution >= 4 is 23.4 Å². The van der Waals surface area contributed by atoms with E-state index in [9.17, 15) is 14.9 Å². The van der Waals surface area contributed by atoms with Gasteiger partial charge in [0.1, 0.15) is 4.92 Å². The minimum atomic E-state index is -0.681. The summed E-state index contributed by atoms with van der Waals surface area (Å²) in [7, 11) is 1.61. The van der Waals surface area contributed by atoms with Crippen LogP contribution in [-0.2, 0) is 0 Å². The zero-order valence-corrected chi connectivity index (χ0v) is 12.2. The zero-order chi connectivity index (χ0) is 15.6. The molecule has 1 atom stereocenters. The fourth-order valence-electron chi connectivity index (χ4n) is 1.86. The van der Waals surface area contributed by atoms with E-state index in [1.165, 1.54) is 11.0 Å². The van der Waals surface area contributed by atoms with Crippen molar-refractivity contribution in [1.82, 2.24) is 4.90 Å². The van der Waals surface area contributed by atoms with Gasteiger partial charge in [-0.25, -0.2) is 0 Å². The molecule has 2 aromatic rings. The summed E-state index contributed by atoms with van der Waals surface area (Å²) in [4.78, 5) is 23.6. The van der Waals surface area contributed by atoms with Crippen LogP contribution in [0.3, 0.4) is 0 Å². The van der Waals surface area contributed by atoms with Gasteiger partial charge in [0.05, 0.1) is 12.1 Å². The second-order valence-electron chi connectivity index (χ2n) is 4.54. The molecule has 1 heterocycles. The van der Waals surface area contributed by atoms with Crippen molar-refractivity contribution in [2.75, 3.05) is 7.05 Å². The summed E-state index contributed by atoms with van der Waals surface area (Å²) in [6.45, 7) is 1.85. The average molecular weight is 309 g/mol. The molecule has 1 aromatic heterocycles. The molecule has 0 aliphatic heterocycles. The molecule has 0 radical (unpaired) electrons. The fourth-order valence-corrected chi connectivity index (χ4v) is 1.98. The standard InChI is InChI=1S/C14H13ClN2O4/c1-9(10-3-5-11(15)6-4-10)16(2)14(18)12-7-8-13(21-12)17(19)20/h3-9H,1-2H3/t9-/m0/s1. The minimum Gasteiger partial charge on any atom is -0.395 e. The number of halogens is 1. The Labute approximate surface area is 126 Å². The van der Waals surface area contributed by atoms with E-state index in [0.29, 0.717) is 5.02 Å². The van der Waals surface area contributed by atoms with E-state index in [1.807, 2.05) is 19.1 Å². The first kappa shape index (κ1) is 15.1. The number of amides is 1. The van der Waals surface area contributed by atoms with E-state index in [2.05, 4.69) is 0 Å². The van der Waals surface area contributed by atoms with Crippen LogP contribution in [0.5, 0.6) is 0 Å². The Morgan fingerprint density at radius 1 is 1.29 bits per heavy atom. The Balaban J connectivity index is 2.17. The Bertz CT molecular complexity index is 666. The SMILES string of the molecule is C[C@@H](c1ccc(Cl)cc1)N(C)C(=O)c1ccc([N+](=O)[O-])o1. The second kappa shape index (κ2) is 5.97. The summed E-state index contributed by atoms with van der Waals surface area (Å²) >= 11 is 5.83. The van der Waals surface area contributed by atoms with Crippen LogP contribution in [0, 0.1) is 10.1 Å². The lowest BCUT2D eigenvalue weighted by Gasteiger charge is -2.24. The first-order valence-electron chi connectivity index (χ1n) is 6.17. The highest BCUT2D eigenvalue weighted by atomic mass is 35.5. The maximum Gasteiger partial charge on any atom is 0.433 e. The van der Waals surface area contributed by atoms with E-state index in [4.69, 9.17) is 16.0 Å². The van der Waals surface area contributed by atoms with Crippen molar-refractivity contribution in [2.45, 2.75) is 13.0 Å². The van der Waals surface area contributed by atoms with Crippen LogP contribution in [0.4, 0.5) is 5.88 Å². The number of furan rings is 1. The summed E-state index contributed by atoms with van der Waals surface area (Å²) in [5, 5.41) is 11.2. The fraction of sp³-hybridized carbons (Fsp3) is 0.214. The normalized spacial score (nSPS) is 12.0. The summed E-state index contributed by atoms with van der Waals surface area (Å²) in [6.07, 6.45) is 0. The van der Waals surface area contributed by atoms with E-state index >= 15 is 0 Å². The van der Waals surface area contributed by atoms with Crippen molar-refractivity contribution < 1.29 is 14.1 Å². The summed E-state index contributed by atoms with van der Waals surface area (Å²) in [5.74, 6) is -0.943. The lowest BCUT2D eigenvalue weighted by Crippen LogP contribution is -2.29. The van der Waals surface area contributed by atoms with Gasteiger partial charge < -0.3 is 9.32 Å². The first-order chi connectivity index (χ1) is 9.90. The lowest BCUT2D eigenvalue weighted by molar-refractivity contribution is -0.402. The molecule has 1 aromatic carbocycles. The molecule has 0 aliphatic carbocycles. The molecule has 1 amide bonds. The lowest BCUT2D eigenvalue weighted by atomic mass is 10.1. The highest BCUT2D eigenvalue weighted by molar-refractivity contribution is 6.30. The number of nitro groups is 1. The van der Waals surface area contributed by atoms with Gasteiger partial charge in [0.15, 0.2) is 5.76 Å². The van der Waals surface area contributed by atoms with E-state index in [-0.39, 0.29) is 11.8 Å². The molecule has 0 spiro atoms. The first-order valence-corrected chi connectivity index (χ1v) is 6.55. The number of hydrogen-bond donors (Lipinski definition) is 0. The predicted molar refractivity (Wildman–Crippen MR) is 77.3 cm³/mol. The average Bonchev–Trinajstić information content (AvgIpc) is 2.96. The van der Waals surface area contributed by atoms with Gasteiger partial charge >= 0.3 is 5.88 Å². The Morgan fingerprint density at radius 2 is 1.90 bits per heavy atom. The van der Waals surface area contributed by atoms with Crippen molar-refractivity contribution in [1.29, 1.82) is 0 Å². The van der Waals surface area contributed by atoms with Gasteiger partial charge in [0, 0.05) is 12.1 Å². The number of carbonyl (C=O) groups is 1. The van der Waals surface area contributed by atoms with Gasteiger partial charge in [-0.2, -0.15) is 0 Å². The van der Waals surface area contributed by atoms with Crippen LogP contribution < -0.4 is 0 Å². The summed E-state index contributed by atoms with van der Waals surface area (Å²) in [6, 6.07) is 9.36. The summed E-state index contributed by atoms with van der Waals surface area (Å²) < 4.78 is 4.92. The van der Waals surface area contributed by atoms with E-state index in [1.54, 1.807) is 19.2 Å². The molecule has 0 unspecified atom stereocenters. The highest BCUT2D eigenvalue weighted by Gasteiger charge is 2.24. The second-order valence-corrected chi connectivity index (χ2v) is 4.98. The molecule has 0 saturated heterocycles. The maximum atomic E-state index is 12.2. The number of benzene rings is 1. The molecule has 110 valence electrons. The number of rotatable bonds is 4. The molecule has 0 fully saturated rings. The molecular weight excluding hydrogens is 296 g/mol. The monoisotopic (exact) mass is 308 g/mol. The molecule has 21 heavy (non-hydrogen) atoms. The van der Waals surface area contributed by atoms with Crippen molar-refractivity contribution in [2.24, 2.45) is 0 Å². The largest absolute Gasteiger partial charge is 0.433 e. The molecule has 0 aliphatic rings. The van der Waals surface area contributed by atoms with E-state index < -0.39 is 16.7 Å². The number of carbonyl (C=O) groups excluding carboxylic acids is 1. The van der Waals surface area contributed by atoms with Crippen LogP contribution in [0.25, 0.3) is 0 Å². The quantitative estimate of drug-likeness (QED) is 0.637. The van der Waals surface area contributed by atoms with Gasteiger partial charge in [-0.1, -0.05) is 23.7 Å². The van der Waals surface area contributed by atoms with Gasteiger partial charge in [0.25, 0.3) is 5.91 Å². The third kappa shape index (κ3) is 3.22. The van der Waals surface area contributed by atoms with Crippen LogP contribution in [-0.4, -0.2) is 22.8 Å². The highest BCUT2D eigenvalue weighted by Crippen LogP contribution is 2.24. The van der Waals surface area contributed by atoms with Crippen molar-refractivity contribution in [3.8, 4) is 0 Å².